The Kier molecular flexibility index (Phi) is 4.16. The van der Waals surface area contributed by atoms with Crippen molar-refractivity contribution in [2.24, 2.45) is 0 Å². The minimum absolute atomic E-state index is 0.807. The summed E-state index contributed by atoms with van der Waals surface area (Å²) in [6, 6.07) is 10.6. The summed E-state index contributed by atoms with van der Waals surface area (Å²) in [5.41, 5.74) is 7.51. The molecule has 2 rings (SSSR count). The number of benzene rings is 2. The Hall–Kier alpha value is -1.47. The molecule has 0 radical (unpaired) electrons. The first kappa shape index (κ1) is 14.0. The summed E-state index contributed by atoms with van der Waals surface area (Å²) in [4.78, 5) is 0. The van der Waals surface area contributed by atoms with Gasteiger partial charge in [-0.2, -0.15) is 0 Å². The molecular formula is C17H20ClN. The van der Waals surface area contributed by atoms with E-state index in [1.54, 1.807) is 0 Å². The molecule has 0 bridgehead atoms. The van der Waals surface area contributed by atoms with Crippen molar-refractivity contribution < 1.29 is 0 Å². The van der Waals surface area contributed by atoms with Crippen LogP contribution >= 0.6 is 11.6 Å². The van der Waals surface area contributed by atoms with Gasteiger partial charge >= 0.3 is 0 Å². The summed E-state index contributed by atoms with van der Waals surface area (Å²) in [6.45, 7) is 9.30. The molecule has 0 amide bonds. The quantitative estimate of drug-likeness (QED) is 0.812. The largest absolute Gasteiger partial charge is 0.381 e. The van der Waals surface area contributed by atoms with E-state index >= 15 is 0 Å². The molecule has 0 saturated heterocycles. The maximum absolute atomic E-state index is 6.13. The molecule has 0 saturated carbocycles. The van der Waals surface area contributed by atoms with Gasteiger partial charge < -0.3 is 5.32 Å². The molecule has 19 heavy (non-hydrogen) atoms. The van der Waals surface area contributed by atoms with Crippen LogP contribution in [0.25, 0.3) is 0 Å². The summed E-state index contributed by atoms with van der Waals surface area (Å²) in [6.07, 6.45) is 0. The lowest BCUT2D eigenvalue weighted by Gasteiger charge is -2.12. The smallest absolute Gasteiger partial charge is 0.0455 e. The number of hydrogen-bond acceptors (Lipinski definition) is 1. The van der Waals surface area contributed by atoms with Crippen LogP contribution in [-0.4, -0.2) is 0 Å². The molecular weight excluding hydrogens is 254 g/mol. The number of hydrogen-bond donors (Lipinski definition) is 1. The van der Waals surface area contributed by atoms with Crippen molar-refractivity contribution in [3.8, 4) is 0 Å². The molecule has 0 aliphatic heterocycles. The van der Waals surface area contributed by atoms with Gasteiger partial charge in [0.15, 0.2) is 0 Å². The van der Waals surface area contributed by atoms with Crippen LogP contribution in [0.5, 0.6) is 0 Å². The SMILES string of the molecule is Cc1cc(C)c(CNc2ccc(C)c(Cl)c2)cc1C. The lowest BCUT2D eigenvalue weighted by molar-refractivity contribution is 1.10. The van der Waals surface area contributed by atoms with Crippen LogP contribution in [0.15, 0.2) is 30.3 Å². The van der Waals surface area contributed by atoms with Gasteiger partial charge in [0.25, 0.3) is 0 Å². The molecule has 2 heteroatoms. The molecule has 0 unspecified atom stereocenters. The Morgan fingerprint density at radius 3 is 2.21 bits per heavy atom. The van der Waals surface area contributed by atoms with Gasteiger partial charge in [0.05, 0.1) is 0 Å². The molecule has 0 aliphatic carbocycles. The number of rotatable bonds is 3. The minimum Gasteiger partial charge on any atom is -0.381 e. The van der Waals surface area contributed by atoms with Gasteiger partial charge in [-0.15, -0.1) is 0 Å². The third kappa shape index (κ3) is 3.30. The van der Waals surface area contributed by atoms with E-state index in [0.717, 1.165) is 22.8 Å². The highest BCUT2D eigenvalue weighted by atomic mass is 35.5. The Morgan fingerprint density at radius 2 is 1.53 bits per heavy atom. The van der Waals surface area contributed by atoms with Crippen molar-refractivity contribution in [1.82, 2.24) is 0 Å². The van der Waals surface area contributed by atoms with Crippen molar-refractivity contribution in [3.05, 3.63) is 63.2 Å². The average molecular weight is 274 g/mol. The third-order valence-electron chi connectivity index (χ3n) is 3.61. The lowest BCUT2D eigenvalue weighted by Crippen LogP contribution is -2.02. The first-order valence-electron chi connectivity index (χ1n) is 6.54. The minimum atomic E-state index is 0.807. The molecule has 0 heterocycles. The van der Waals surface area contributed by atoms with E-state index in [-0.39, 0.29) is 0 Å². The number of nitrogens with one attached hydrogen (secondary N) is 1. The first-order chi connectivity index (χ1) is 8.97. The predicted octanol–water partition coefficient (Wildman–Crippen LogP) is 5.19. The molecule has 100 valence electrons. The van der Waals surface area contributed by atoms with E-state index in [2.05, 4.69) is 44.3 Å². The van der Waals surface area contributed by atoms with Crippen LogP contribution in [0.4, 0.5) is 5.69 Å². The number of halogens is 1. The third-order valence-corrected chi connectivity index (χ3v) is 4.01. The summed E-state index contributed by atoms with van der Waals surface area (Å²) in [7, 11) is 0. The summed E-state index contributed by atoms with van der Waals surface area (Å²) >= 11 is 6.13. The average Bonchev–Trinajstić information content (AvgIpc) is 2.36. The zero-order chi connectivity index (χ0) is 14.0. The van der Waals surface area contributed by atoms with Crippen molar-refractivity contribution in [2.75, 3.05) is 5.32 Å². The second-order valence-corrected chi connectivity index (χ2v) is 5.59. The van der Waals surface area contributed by atoms with Crippen LogP contribution in [0.1, 0.15) is 27.8 Å². The predicted molar refractivity (Wildman–Crippen MR) is 84.2 cm³/mol. The lowest BCUT2D eigenvalue weighted by atomic mass is 10.0. The highest BCUT2D eigenvalue weighted by Crippen LogP contribution is 2.21. The number of anilines is 1. The van der Waals surface area contributed by atoms with Gasteiger partial charge in [-0.05, 0) is 67.6 Å². The Bertz CT molecular complexity index is 602. The van der Waals surface area contributed by atoms with Gasteiger partial charge in [-0.1, -0.05) is 29.8 Å². The van der Waals surface area contributed by atoms with Crippen molar-refractivity contribution >= 4 is 17.3 Å². The van der Waals surface area contributed by atoms with Crippen LogP contribution in [0.2, 0.25) is 5.02 Å². The van der Waals surface area contributed by atoms with Gasteiger partial charge in [0.1, 0.15) is 0 Å². The van der Waals surface area contributed by atoms with E-state index in [9.17, 15) is 0 Å². The normalized spacial score (nSPS) is 10.6. The van der Waals surface area contributed by atoms with E-state index in [0.29, 0.717) is 0 Å². The molecule has 2 aromatic carbocycles. The topological polar surface area (TPSA) is 12.0 Å². The zero-order valence-electron chi connectivity index (χ0n) is 12.0. The van der Waals surface area contributed by atoms with Gasteiger partial charge in [-0.25, -0.2) is 0 Å². The van der Waals surface area contributed by atoms with Gasteiger partial charge in [0.2, 0.25) is 0 Å². The molecule has 0 aliphatic rings. The first-order valence-corrected chi connectivity index (χ1v) is 6.92. The highest BCUT2D eigenvalue weighted by Gasteiger charge is 2.03. The molecule has 1 nitrogen and oxygen atoms in total. The second kappa shape index (κ2) is 5.66. The van der Waals surface area contributed by atoms with Crippen molar-refractivity contribution in [3.63, 3.8) is 0 Å². The van der Waals surface area contributed by atoms with E-state index in [1.807, 2.05) is 19.1 Å². The maximum atomic E-state index is 6.13. The monoisotopic (exact) mass is 273 g/mol. The fourth-order valence-corrected chi connectivity index (χ4v) is 2.29. The van der Waals surface area contributed by atoms with E-state index in [4.69, 9.17) is 11.6 Å². The Labute approximate surface area is 120 Å². The van der Waals surface area contributed by atoms with Crippen LogP contribution < -0.4 is 5.32 Å². The molecule has 0 spiro atoms. The molecule has 1 N–H and O–H groups in total. The fraction of sp³-hybridized carbons (Fsp3) is 0.294. The number of aryl methyl sites for hydroxylation is 4. The fourth-order valence-electron chi connectivity index (χ4n) is 2.11. The van der Waals surface area contributed by atoms with Crippen LogP contribution in [0.3, 0.4) is 0 Å². The molecule has 0 aromatic heterocycles. The van der Waals surface area contributed by atoms with Crippen LogP contribution in [0, 0.1) is 27.7 Å². The standard InChI is InChI=1S/C17H20ClN/c1-11-5-6-16(9-17(11)18)19-10-15-8-13(3)12(2)7-14(15)4/h5-9,19H,10H2,1-4H3. The van der Waals surface area contributed by atoms with E-state index < -0.39 is 0 Å². The molecule has 0 fully saturated rings. The second-order valence-electron chi connectivity index (χ2n) is 5.18. The summed E-state index contributed by atoms with van der Waals surface area (Å²) in [5.74, 6) is 0. The Morgan fingerprint density at radius 1 is 0.842 bits per heavy atom. The van der Waals surface area contributed by atoms with Gasteiger partial charge in [-0.3, -0.25) is 0 Å². The zero-order valence-corrected chi connectivity index (χ0v) is 12.7. The van der Waals surface area contributed by atoms with Crippen molar-refractivity contribution in [1.29, 1.82) is 0 Å². The summed E-state index contributed by atoms with van der Waals surface area (Å²) < 4.78 is 0. The maximum Gasteiger partial charge on any atom is 0.0455 e. The van der Waals surface area contributed by atoms with Gasteiger partial charge in [0, 0.05) is 17.3 Å². The highest BCUT2D eigenvalue weighted by molar-refractivity contribution is 6.31. The molecule has 2 aromatic rings. The Balaban J connectivity index is 2.14. The van der Waals surface area contributed by atoms with E-state index in [1.165, 1.54) is 22.3 Å². The van der Waals surface area contributed by atoms with Crippen LogP contribution in [-0.2, 0) is 6.54 Å². The molecule has 0 atom stereocenters. The summed E-state index contributed by atoms with van der Waals surface area (Å²) in [5, 5.41) is 4.24. The van der Waals surface area contributed by atoms with Crippen molar-refractivity contribution in [2.45, 2.75) is 34.2 Å².